The monoisotopic (exact) mass is 283 g/mol. The van der Waals surface area contributed by atoms with E-state index in [1.165, 1.54) is 19.2 Å². The second-order valence-electron chi connectivity index (χ2n) is 4.42. The third-order valence-corrected chi connectivity index (χ3v) is 3.01. The Balaban J connectivity index is 2.17. The van der Waals surface area contributed by atoms with Gasteiger partial charge in [0.2, 0.25) is 0 Å². The van der Waals surface area contributed by atoms with E-state index >= 15 is 0 Å². The van der Waals surface area contributed by atoms with Crippen LogP contribution in [-0.2, 0) is 9.53 Å². The van der Waals surface area contributed by atoms with Gasteiger partial charge in [-0.15, -0.1) is 0 Å². The van der Waals surface area contributed by atoms with Gasteiger partial charge in [0, 0.05) is 13.1 Å². The van der Waals surface area contributed by atoms with Crippen LogP contribution in [0.15, 0.2) is 24.3 Å². The number of benzene rings is 1. The molecule has 0 unspecified atom stereocenters. The molecular weight excluding hydrogens is 261 g/mol. The normalized spacial score (nSPS) is 10.6. The minimum absolute atomic E-state index is 0.189. The van der Waals surface area contributed by atoms with E-state index in [0.29, 0.717) is 25.3 Å². The van der Waals surface area contributed by atoms with Crippen molar-refractivity contribution in [2.24, 2.45) is 0 Å². The van der Waals surface area contributed by atoms with Crippen molar-refractivity contribution in [1.82, 2.24) is 4.90 Å². The number of hydrogen-bond donors (Lipinski definition) is 0. The SMILES string of the molecule is CCN(CCCOc1ccc(F)cc1)CCC(=O)OC. The zero-order valence-electron chi connectivity index (χ0n) is 12.1. The van der Waals surface area contributed by atoms with E-state index in [2.05, 4.69) is 16.6 Å². The Morgan fingerprint density at radius 1 is 1.25 bits per heavy atom. The Kier molecular flexibility index (Phi) is 7.65. The van der Waals surface area contributed by atoms with E-state index < -0.39 is 0 Å². The van der Waals surface area contributed by atoms with Crippen LogP contribution >= 0.6 is 0 Å². The summed E-state index contributed by atoms with van der Waals surface area (Å²) in [6.07, 6.45) is 1.26. The average Bonchev–Trinajstić information content (AvgIpc) is 2.48. The standard InChI is InChI=1S/C15H22FNO3/c1-3-17(11-9-15(18)19-2)10-4-12-20-14-7-5-13(16)6-8-14/h5-8H,3-4,9-12H2,1-2H3. The fraction of sp³-hybridized carbons (Fsp3) is 0.533. The molecule has 0 aliphatic heterocycles. The van der Waals surface area contributed by atoms with E-state index in [0.717, 1.165) is 19.5 Å². The highest BCUT2D eigenvalue weighted by Crippen LogP contribution is 2.11. The second-order valence-corrected chi connectivity index (χ2v) is 4.42. The first kappa shape index (κ1) is 16.4. The van der Waals surface area contributed by atoms with Crippen molar-refractivity contribution in [2.75, 3.05) is 33.4 Å². The van der Waals surface area contributed by atoms with Gasteiger partial charge >= 0.3 is 5.97 Å². The molecule has 1 aromatic rings. The van der Waals surface area contributed by atoms with Crippen LogP contribution in [0.3, 0.4) is 0 Å². The maximum Gasteiger partial charge on any atom is 0.306 e. The van der Waals surface area contributed by atoms with Crippen LogP contribution in [0, 0.1) is 5.82 Å². The molecule has 0 N–H and O–H groups in total. The summed E-state index contributed by atoms with van der Waals surface area (Å²) in [5.74, 6) is 0.215. The Hall–Kier alpha value is -1.62. The van der Waals surface area contributed by atoms with Crippen LogP contribution in [0.4, 0.5) is 4.39 Å². The Labute approximate surface area is 119 Å². The molecule has 20 heavy (non-hydrogen) atoms. The lowest BCUT2D eigenvalue weighted by molar-refractivity contribution is -0.140. The minimum Gasteiger partial charge on any atom is -0.494 e. The highest BCUT2D eigenvalue weighted by Gasteiger charge is 2.06. The molecule has 5 heteroatoms. The predicted molar refractivity (Wildman–Crippen MR) is 75.3 cm³/mol. The predicted octanol–water partition coefficient (Wildman–Crippen LogP) is 2.48. The molecule has 0 radical (unpaired) electrons. The number of carbonyl (C=O) groups excluding carboxylic acids is 1. The van der Waals surface area contributed by atoms with Crippen LogP contribution in [0.5, 0.6) is 5.75 Å². The summed E-state index contributed by atoms with van der Waals surface area (Å²) in [6, 6.07) is 5.99. The van der Waals surface area contributed by atoms with Gasteiger partial charge in [0.05, 0.1) is 20.1 Å². The quantitative estimate of drug-likeness (QED) is 0.515. The summed E-state index contributed by atoms with van der Waals surface area (Å²) in [7, 11) is 1.40. The lowest BCUT2D eigenvalue weighted by atomic mass is 10.3. The summed E-state index contributed by atoms with van der Waals surface area (Å²) in [6.45, 7) is 5.06. The van der Waals surface area contributed by atoms with Crippen molar-refractivity contribution in [3.8, 4) is 5.75 Å². The highest BCUT2D eigenvalue weighted by molar-refractivity contribution is 5.69. The Morgan fingerprint density at radius 2 is 1.95 bits per heavy atom. The molecule has 1 rings (SSSR count). The van der Waals surface area contributed by atoms with Crippen molar-refractivity contribution in [3.63, 3.8) is 0 Å². The number of carbonyl (C=O) groups is 1. The molecule has 0 aliphatic carbocycles. The Morgan fingerprint density at radius 3 is 2.55 bits per heavy atom. The van der Waals surface area contributed by atoms with Crippen LogP contribution < -0.4 is 4.74 Å². The van der Waals surface area contributed by atoms with Gasteiger partial charge in [-0.2, -0.15) is 0 Å². The maximum absolute atomic E-state index is 12.7. The number of hydrogen-bond acceptors (Lipinski definition) is 4. The topological polar surface area (TPSA) is 38.8 Å². The number of nitrogens with zero attached hydrogens (tertiary/aromatic N) is 1. The van der Waals surface area contributed by atoms with E-state index in [1.807, 2.05) is 0 Å². The summed E-state index contributed by atoms with van der Waals surface area (Å²) in [5.41, 5.74) is 0. The van der Waals surface area contributed by atoms with Crippen LogP contribution in [0.25, 0.3) is 0 Å². The summed E-state index contributed by atoms with van der Waals surface area (Å²) in [4.78, 5) is 13.2. The molecule has 0 saturated carbocycles. The first-order chi connectivity index (χ1) is 9.65. The fourth-order valence-electron chi connectivity index (χ4n) is 1.79. The van der Waals surface area contributed by atoms with Crippen molar-refractivity contribution >= 4 is 5.97 Å². The van der Waals surface area contributed by atoms with Gasteiger partial charge in [0.15, 0.2) is 0 Å². The first-order valence-corrected chi connectivity index (χ1v) is 6.83. The van der Waals surface area contributed by atoms with E-state index in [4.69, 9.17) is 4.74 Å². The smallest absolute Gasteiger partial charge is 0.306 e. The number of halogens is 1. The molecule has 0 fully saturated rings. The van der Waals surface area contributed by atoms with Gasteiger partial charge in [-0.1, -0.05) is 6.92 Å². The molecule has 0 aliphatic rings. The third kappa shape index (κ3) is 6.52. The molecular formula is C15H22FNO3. The van der Waals surface area contributed by atoms with Gasteiger partial charge in [-0.3, -0.25) is 4.79 Å². The number of esters is 1. The fourth-order valence-corrected chi connectivity index (χ4v) is 1.79. The number of methoxy groups -OCH3 is 1. The molecule has 0 bridgehead atoms. The number of rotatable bonds is 9. The van der Waals surface area contributed by atoms with Gasteiger partial charge < -0.3 is 14.4 Å². The molecule has 0 spiro atoms. The van der Waals surface area contributed by atoms with Crippen molar-refractivity contribution in [1.29, 1.82) is 0 Å². The summed E-state index contributed by atoms with van der Waals surface area (Å²) >= 11 is 0. The molecule has 0 saturated heterocycles. The van der Waals surface area contributed by atoms with Crippen molar-refractivity contribution < 1.29 is 18.7 Å². The highest BCUT2D eigenvalue weighted by atomic mass is 19.1. The lowest BCUT2D eigenvalue weighted by Gasteiger charge is -2.19. The largest absolute Gasteiger partial charge is 0.494 e. The molecule has 0 atom stereocenters. The average molecular weight is 283 g/mol. The maximum atomic E-state index is 12.7. The lowest BCUT2D eigenvalue weighted by Crippen LogP contribution is -2.28. The minimum atomic E-state index is -0.266. The zero-order chi connectivity index (χ0) is 14.8. The first-order valence-electron chi connectivity index (χ1n) is 6.83. The molecule has 0 heterocycles. The van der Waals surface area contributed by atoms with Crippen LogP contribution in [0.2, 0.25) is 0 Å². The molecule has 4 nitrogen and oxygen atoms in total. The molecule has 112 valence electrons. The van der Waals surface area contributed by atoms with Crippen molar-refractivity contribution in [3.05, 3.63) is 30.1 Å². The molecule has 1 aromatic carbocycles. The van der Waals surface area contributed by atoms with Gasteiger partial charge in [-0.25, -0.2) is 4.39 Å². The third-order valence-electron chi connectivity index (χ3n) is 3.01. The summed E-state index contributed by atoms with van der Waals surface area (Å²) in [5, 5.41) is 0. The molecule has 0 aromatic heterocycles. The second kappa shape index (κ2) is 9.31. The van der Waals surface area contributed by atoms with Gasteiger partial charge in [0.25, 0.3) is 0 Å². The van der Waals surface area contributed by atoms with Crippen molar-refractivity contribution in [2.45, 2.75) is 19.8 Å². The van der Waals surface area contributed by atoms with E-state index in [-0.39, 0.29) is 11.8 Å². The van der Waals surface area contributed by atoms with E-state index in [1.54, 1.807) is 12.1 Å². The van der Waals surface area contributed by atoms with Gasteiger partial charge in [0.1, 0.15) is 11.6 Å². The van der Waals surface area contributed by atoms with E-state index in [9.17, 15) is 9.18 Å². The van der Waals surface area contributed by atoms with Gasteiger partial charge in [-0.05, 0) is 37.2 Å². The van der Waals surface area contributed by atoms with Crippen LogP contribution in [-0.4, -0.2) is 44.2 Å². The molecule has 0 amide bonds. The number of ether oxygens (including phenoxy) is 2. The zero-order valence-corrected chi connectivity index (χ0v) is 12.1. The van der Waals surface area contributed by atoms with Crippen LogP contribution in [0.1, 0.15) is 19.8 Å². The summed E-state index contributed by atoms with van der Waals surface area (Å²) < 4.78 is 22.8. The Bertz CT molecular complexity index is 395.